The molecule has 0 amide bonds. The van der Waals surface area contributed by atoms with Crippen molar-refractivity contribution >= 4 is 18.4 Å². The van der Waals surface area contributed by atoms with E-state index < -0.39 is 12.1 Å². The van der Waals surface area contributed by atoms with Gasteiger partial charge in [-0.25, -0.2) is 4.79 Å². The first-order valence-corrected chi connectivity index (χ1v) is 1.55. The minimum absolute atomic E-state index is 0. The summed E-state index contributed by atoms with van der Waals surface area (Å²) in [5.41, 5.74) is 0. The predicted molar refractivity (Wildman–Crippen MR) is 26.6 cm³/mol. The van der Waals surface area contributed by atoms with Crippen molar-refractivity contribution in [1.82, 2.24) is 0 Å². The van der Waals surface area contributed by atoms with Crippen LogP contribution >= 0.6 is 12.4 Å². The number of aliphatic hydroxyl groups is 1. The number of rotatable bonds is 1. The van der Waals surface area contributed by atoms with Gasteiger partial charge in [0.2, 0.25) is 0 Å². The van der Waals surface area contributed by atoms with E-state index in [4.69, 9.17) is 10.2 Å². The van der Waals surface area contributed by atoms with Crippen molar-refractivity contribution in [3.63, 3.8) is 0 Å². The Kier molecular flexibility index (Phi) is 5.49. The summed E-state index contributed by atoms with van der Waals surface area (Å²) >= 11 is 0. The fourth-order valence-electron chi connectivity index (χ4n) is 0. The van der Waals surface area contributed by atoms with Crippen LogP contribution in [0.3, 0.4) is 0 Å². The molecule has 0 aliphatic rings. The Bertz CT molecular complexity index is 61.2. The molecule has 0 aromatic carbocycles. The van der Waals surface area contributed by atoms with Crippen LogP contribution in [0.2, 0.25) is 0 Å². The van der Waals surface area contributed by atoms with Crippen LogP contribution in [-0.2, 0) is 4.79 Å². The lowest BCUT2D eigenvalue weighted by molar-refractivity contribution is -0.145. The smallest absolute Gasteiger partial charge is 0.332 e. The molecule has 1 unspecified atom stereocenters. The minimum Gasteiger partial charge on any atom is -0.479 e. The van der Waals surface area contributed by atoms with Crippen molar-refractivity contribution in [3.8, 4) is 0 Å². The molecule has 0 radical (unpaired) electrons. The van der Waals surface area contributed by atoms with E-state index in [1.54, 1.807) is 0 Å². The number of carboxylic acid groups (broad SMARTS) is 1. The first-order chi connectivity index (χ1) is 2.64. The van der Waals surface area contributed by atoms with Crippen LogP contribution in [0.4, 0.5) is 0 Å². The average molecular weight is 127 g/mol. The molecule has 0 aromatic rings. The number of halogens is 1. The Morgan fingerprint density at radius 1 is 1.71 bits per heavy atom. The normalized spacial score (nSPS) is 11.7. The molecule has 44 valence electrons. The molecule has 0 bridgehead atoms. The van der Waals surface area contributed by atoms with Crippen molar-refractivity contribution in [1.29, 1.82) is 0 Å². The summed E-state index contributed by atoms with van der Waals surface area (Å²) in [7, 11) is 0. The quantitative estimate of drug-likeness (QED) is 0.515. The van der Waals surface area contributed by atoms with E-state index in [0.717, 1.165) is 0 Å². The molecule has 3 nitrogen and oxygen atoms in total. The van der Waals surface area contributed by atoms with Crippen LogP contribution in [0.15, 0.2) is 0 Å². The topological polar surface area (TPSA) is 57.5 Å². The summed E-state index contributed by atoms with van der Waals surface area (Å²) in [6, 6.07) is 0. The maximum atomic E-state index is 9.45. The number of hydrogen-bond acceptors (Lipinski definition) is 2. The SMILES string of the molecule is CC(O)C(=O)O.Cl. The molecule has 4 heteroatoms. The molecule has 0 rings (SSSR count). The van der Waals surface area contributed by atoms with Gasteiger partial charge in [-0.15, -0.1) is 12.4 Å². The van der Waals surface area contributed by atoms with Crippen LogP contribution in [0.5, 0.6) is 0 Å². The molecule has 2 N–H and O–H groups in total. The fraction of sp³-hybridized carbons (Fsp3) is 0.667. The zero-order valence-corrected chi connectivity index (χ0v) is 4.60. The molecule has 0 aromatic heterocycles. The van der Waals surface area contributed by atoms with Gasteiger partial charge in [0.15, 0.2) is 0 Å². The van der Waals surface area contributed by atoms with Gasteiger partial charge in [0.25, 0.3) is 0 Å². The Balaban J connectivity index is 0. The summed E-state index contributed by atoms with van der Waals surface area (Å²) in [6.45, 7) is 1.20. The zero-order valence-electron chi connectivity index (χ0n) is 3.79. The van der Waals surface area contributed by atoms with Crippen LogP contribution in [-0.4, -0.2) is 22.3 Å². The molecule has 0 aliphatic heterocycles. The van der Waals surface area contributed by atoms with Gasteiger partial charge in [0, 0.05) is 0 Å². The predicted octanol–water partition coefficient (Wildman–Crippen LogP) is -0.126. The van der Waals surface area contributed by atoms with Crippen LogP contribution in [0.1, 0.15) is 6.92 Å². The van der Waals surface area contributed by atoms with E-state index in [2.05, 4.69) is 0 Å². The van der Waals surface area contributed by atoms with Gasteiger partial charge >= 0.3 is 5.97 Å². The van der Waals surface area contributed by atoms with Crippen molar-refractivity contribution in [2.75, 3.05) is 0 Å². The summed E-state index contributed by atoms with van der Waals surface area (Å²) in [5, 5.41) is 15.8. The molecule has 0 spiro atoms. The highest BCUT2D eigenvalue weighted by atomic mass is 35.5. The van der Waals surface area contributed by atoms with Crippen molar-refractivity contribution in [2.24, 2.45) is 0 Å². The molecule has 0 heterocycles. The van der Waals surface area contributed by atoms with E-state index in [9.17, 15) is 4.79 Å². The number of carbonyl (C=O) groups is 1. The average Bonchev–Trinajstić information content (AvgIpc) is 1.36. The first-order valence-electron chi connectivity index (χ1n) is 1.55. The van der Waals surface area contributed by atoms with E-state index in [-0.39, 0.29) is 12.4 Å². The molecule has 0 fully saturated rings. The summed E-state index contributed by atoms with van der Waals surface area (Å²) < 4.78 is 0. The Hall–Kier alpha value is -0.280. The fourth-order valence-corrected chi connectivity index (χ4v) is 0. The minimum atomic E-state index is -1.23. The third-order valence-electron chi connectivity index (χ3n) is 0.357. The third kappa shape index (κ3) is 5.72. The van der Waals surface area contributed by atoms with Gasteiger partial charge in [0.1, 0.15) is 6.10 Å². The van der Waals surface area contributed by atoms with Crippen molar-refractivity contribution in [2.45, 2.75) is 13.0 Å². The Morgan fingerprint density at radius 3 is 1.86 bits per heavy atom. The number of aliphatic carboxylic acids is 1. The molecular formula is C3H7ClO3. The number of hydrogen-bond donors (Lipinski definition) is 2. The highest BCUT2D eigenvalue weighted by Crippen LogP contribution is 1.73. The van der Waals surface area contributed by atoms with E-state index >= 15 is 0 Å². The second kappa shape index (κ2) is 3.89. The lowest BCUT2D eigenvalue weighted by atomic mass is 10.4. The lowest BCUT2D eigenvalue weighted by Crippen LogP contribution is -2.13. The molecule has 0 aliphatic carbocycles. The van der Waals surface area contributed by atoms with E-state index in [1.807, 2.05) is 0 Å². The van der Waals surface area contributed by atoms with Gasteiger partial charge in [-0.3, -0.25) is 0 Å². The Morgan fingerprint density at radius 2 is 1.86 bits per heavy atom. The molecule has 0 saturated heterocycles. The maximum Gasteiger partial charge on any atom is 0.332 e. The monoisotopic (exact) mass is 126 g/mol. The van der Waals surface area contributed by atoms with Crippen LogP contribution in [0.25, 0.3) is 0 Å². The van der Waals surface area contributed by atoms with Crippen molar-refractivity contribution in [3.05, 3.63) is 0 Å². The maximum absolute atomic E-state index is 9.45. The second-order valence-corrected chi connectivity index (χ2v) is 1.01. The van der Waals surface area contributed by atoms with Gasteiger partial charge in [-0.1, -0.05) is 0 Å². The summed E-state index contributed by atoms with van der Waals surface area (Å²) in [4.78, 5) is 9.45. The van der Waals surface area contributed by atoms with Crippen molar-refractivity contribution < 1.29 is 15.0 Å². The van der Waals surface area contributed by atoms with Crippen LogP contribution < -0.4 is 0 Å². The number of carboxylic acids is 1. The van der Waals surface area contributed by atoms with Crippen LogP contribution in [0, 0.1) is 0 Å². The highest BCUT2D eigenvalue weighted by molar-refractivity contribution is 5.85. The van der Waals surface area contributed by atoms with E-state index in [0.29, 0.717) is 0 Å². The number of aliphatic hydroxyl groups excluding tert-OH is 1. The van der Waals surface area contributed by atoms with E-state index in [1.165, 1.54) is 6.92 Å². The van der Waals surface area contributed by atoms with Gasteiger partial charge in [-0.05, 0) is 6.92 Å². The second-order valence-electron chi connectivity index (χ2n) is 1.01. The highest BCUT2D eigenvalue weighted by Gasteiger charge is 2.01. The molecule has 0 saturated carbocycles. The zero-order chi connectivity index (χ0) is 5.15. The largest absolute Gasteiger partial charge is 0.479 e. The standard InChI is InChI=1S/C3H6O3.ClH/c1-2(4)3(5)6;/h2,4H,1H3,(H,5,6);1H. The van der Waals surface area contributed by atoms with Gasteiger partial charge in [-0.2, -0.15) is 0 Å². The molecule has 1 atom stereocenters. The van der Waals surface area contributed by atoms with Gasteiger partial charge < -0.3 is 10.2 Å². The Labute approximate surface area is 47.4 Å². The summed E-state index contributed by atoms with van der Waals surface area (Å²) in [6.07, 6.45) is -1.23. The summed E-state index contributed by atoms with van der Waals surface area (Å²) in [5.74, 6) is -1.19. The lowest BCUT2D eigenvalue weighted by Gasteiger charge is -1.89. The molecular weight excluding hydrogens is 119 g/mol. The first kappa shape index (κ1) is 9.87. The molecule has 7 heavy (non-hydrogen) atoms. The third-order valence-corrected chi connectivity index (χ3v) is 0.357. The van der Waals surface area contributed by atoms with Gasteiger partial charge in [0.05, 0.1) is 0 Å².